The summed E-state index contributed by atoms with van der Waals surface area (Å²) in [5.41, 5.74) is 0. The number of rotatable bonds is 18. The maximum atomic E-state index is 5.09. The summed E-state index contributed by atoms with van der Waals surface area (Å²) in [7, 11) is 0. The average molecular weight is 580 g/mol. The third-order valence-corrected chi connectivity index (χ3v) is 6.53. The number of thiocarbonyl (C=S) groups is 2. The zero-order valence-electron chi connectivity index (χ0n) is 22.3. The van der Waals surface area contributed by atoms with Gasteiger partial charge in [0, 0.05) is 26.2 Å². The molecule has 0 N–H and O–H groups in total. The number of nitrogens with zero attached hydrogens (tertiary/aromatic N) is 2. The van der Waals surface area contributed by atoms with Crippen LogP contribution in [0, 0.1) is 11.8 Å². The number of unbranched alkanes of at least 4 members (excludes halogenated alkanes) is 6. The Morgan fingerprint density at radius 2 is 0.879 bits per heavy atom. The third kappa shape index (κ3) is 28.8. The maximum Gasteiger partial charge on any atom is 2.00 e. The van der Waals surface area contributed by atoms with Crippen molar-refractivity contribution < 1.29 is 16.8 Å². The molecule has 0 saturated heterocycles. The minimum Gasteiger partial charge on any atom is -0.411 e. The predicted octanol–water partition coefficient (Wildman–Crippen LogP) is 8.27. The van der Waals surface area contributed by atoms with Crippen LogP contribution < -0.4 is 0 Å². The zero-order valence-corrected chi connectivity index (χ0v) is 26.6. The summed E-state index contributed by atoms with van der Waals surface area (Å²) in [4.78, 5) is 4.37. The molecule has 0 aliphatic heterocycles. The van der Waals surface area contributed by atoms with Crippen LogP contribution in [0.25, 0.3) is 0 Å². The van der Waals surface area contributed by atoms with Crippen molar-refractivity contribution in [2.75, 3.05) is 26.2 Å². The van der Waals surface area contributed by atoms with Crippen LogP contribution in [-0.4, -0.2) is 44.6 Å². The van der Waals surface area contributed by atoms with Crippen LogP contribution in [0.15, 0.2) is 0 Å². The predicted molar refractivity (Wildman–Crippen MR) is 159 cm³/mol. The SMILES string of the molecule is CCCCN(CCCCCC(C)C)C(=S)[S-].CCCCN(CCCCCC(C)C)C(=S)[S-].[Co+2]. The summed E-state index contributed by atoms with van der Waals surface area (Å²) in [5, 5.41) is 0. The summed E-state index contributed by atoms with van der Waals surface area (Å²) >= 11 is 20.4. The number of hydrogen-bond donors (Lipinski definition) is 0. The van der Waals surface area contributed by atoms with Crippen LogP contribution in [0.5, 0.6) is 0 Å². The third-order valence-electron chi connectivity index (χ3n) is 5.50. The molecule has 0 heterocycles. The Kier molecular flexibility index (Phi) is 31.7. The molecule has 33 heavy (non-hydrogen) atoms. The van der Waals surface area contributed by atoms with Crippen LogP contribution in [0.2, 0.25) is 0 Å². The first-order valence-electron chi connectivity index (χ1n) is 13.1. The van der Waals surface area contributed by atoms with Gasteiger partial charge < -0.3 is 59.5 Å². The molecule has 7 heteroatoms. The largest absolute Gasteiger partial charge is 2.00 e. The average Bonchev–Trinajstić information content (AvgIpc) is 2.71. The first kappa shape index (κ1) is 38.3. The molecular formula is C26H52CoN2S4. The van der Waals surface area contributed by atoms with E-state index in [0.29, 0.717) is 8.64 Å². The first-order valence-corrected chi connectivity index (χ1v) is 14.7. The quantitative estimate of drug-likeness (QED) is 0.0909. The van der Waals surface area contributed by atoms with E-state index in [2.05, 4.69) is 51.3 Å². The van der Waals surface area contributed by atoms with Gasteiger partial charge in [0.15, 0.2) is 0 Å². The summed E-state index contributed by atoms with van der Waals surface area (Å²) in [6, 6.07) is 0. The Morgan fingerprint density at radius 3 is 1.12 bits per heavy atom. The molecule has 0 fully saturated rings. The topological polar surface area (TPSA) is 6.48 Å². The molecule has 0 spiro atoms. The molecule has 0 aromatic heterocycles. The number of hydrogen-bond acceptors (Lipinski definition) is 4. The summed E-state index contributed by atoms with van der Waals surface area (Å²) in [6.45, 7) is 17.7. The molecule has 0 aromatic rings. The van der Waals surface area contributed by atoms with Gasteiger partial charge in [-0.05, 0) is 37.5 Å². The molecule has 0 atom stereocenters. The fourth-order valence-electron chi connectivity index (χ4n) is 3.35. The summed E-state index contributed by atoms with van der Waals surface area (Å²) in [5.74, 6) is 1.66. The Balaban J connectivity index is -0.000000529. The normalized spacial score (nSPS) is 10.4. The van der Waals surface area contributed by atoms with Crippen LogP contribution >= 0.6 is 24.4 Å². The van der Waals surface area contributed by atoms with Gasteiger partial charge in [-0.2, -0.15) is 0 Å². The molecule has 0 rings (SSSR count). The van der Waals surface area contributed by atoms with Crippen LogP contribution in [0.4, 0.5) is 0 Å². The van der Waals surface area contributed by atoms with E-state index in [-0.39, 0.29) is 16.8 Å². The van der Waals surface area contributed by atoms with Crippen molar-refractivity contribution in [2.24, 2.45) is 11.8 Å². The van der Waals surface area contributed by atoms with Crippen molar-refractivity contribution in [3.8, 4) is 0 Å². The van der Waals surface area contributed by atoms with E-state index in [4.69, 9.17) is 49.7 Å². The van der Waals surface area contributed by atoms with Gasteiger partial charge in [0.05, 0.1) is 0 Å². The zero-order chi connectivity index (χ0) is 24.8. The van der Waals surface area contributed by atoms with Gasteiger partial charge in [-0.25, -0.2) is 0 Å². The van der Waals surface area contributed by atoms with Crippen molar-refractivity contribution in [3.05, 3.63) is 0 Å². The van der Waals surface area contributed by atoms with Gasteiger partial charge in [-0.15, -0.1) is 0 Å². The Labute approximate surface area is 240 Å². The molecular weight excluding hydrogens is 528 g/mol. The van der Waals surface area contributed by atoms with Gasteiger partial charge in [0.25, 0.3) is 0 Å². The molecule has 2 nitrogen and oxygen atoms in total. The van der Waals surface area contributed by atoms with Crippen molar-refractivity contribution in [1.29, 1.82) is 0 Å². The van der Waals surface area contributed by atoms with Crippen molar-refractivity contribution in [2.45, 2.75) is 119 Å². The molecule has 199 valence electrons. The minimum atomic E-state index is 0. The van der Waals surface area contributed by atoms with E-state index in [9.17, 15) is 0 Å². The fraction of sp³-hybridized carbons (Fsp3) is 0.923. The summed E-state index contributed by atoms with van der Waals surface area (Å²) in [6.07, 6.45) is 15.2. The van der Waals surface area contributed by atoms with Crippen molar-refractivity contribution in [3.63, 3.8) is 0 Å². The minimum absolute atomic E-state index is 0. The Bertz CT molecular complexity index is 408. The van der Waals surface area contributed by atoms with Crippen LogP contribution in [-0.2, 0) is 42.0 Å². The molecule has 1 radical (unpaired) electrons. The molecule has 0 aliphatic rings. The maximum absolute atomic E-state index is 5.09. The molecule has 0 aliphatic carbocycles. The molecule has 0 saturated carbocycles. The van der Waals surface area contributed by atoms with E-state index >= 15 is 0 Å². The van der Waals surface area contributed by atoms with E-state index in [0.717, 1.165) is 38.0 Å². The second-order valence-corrected chi connectivity index (χ2v) is 11.8. The second-order valence-electron chi connectivity index (χ2n) is 9.70. The van der Waals surface area contributed by atoms with Crippen molar-refractivity contribution >= 4 is 58.3 Å². The van der Waals surface area contributed by atoms with Gasteiger partial charge in [-0.3, -0.25) is 0 Å². The fourth-order valence-corrected chi connectivity index (χ4v) is 4.08. The van der Waals surface area contributed by atoms with Gasteiger partial charge >= 0.3 is 16.8 Å². The first-order chi connectivity index (χ1) is 15.1. The second kappa shape index (κ2) is 27.3. The molecule has 0 aromatic carbocycles. The monoisotopic (exact) mass is 579 g/mol. The van der Waals surface area contributed by atoms with Gasteiger partial charge in [0.1, 0.15) is 0 Å². The van der Waals surface area contributed by atoms with E-state index in [1.165, 1.54) is 77.0 Å². The smallest absolute Gasteiger partial charge is 0.411 e. The summed E-state index contributed by atoms with van der Waals surface area (Å²) < 4.78 is 1.30. The Morgan fingerprint density at radius 1 is 0.576 bits per heavy atom. The standard InChI is InChI=1S/2C13H27NS2.Co/c2*1-4-5-10-14(13(15)16)11-8-6-7-9-12(2)3;/h2*12H,4-11H2,1-3H3,(H,15,16);/q;;+2/p-2. The van der Waals surface area contributed by atoms with Gasteiger partial charge in [-0.1, -0.05) is 102 Å². The van der Waals surface area contributed by atoms with E-state index in [1.54, 1.807) is 0 Å². The molecule has 0 amide bonds. The van der Waals surface area contributed by atoms with Crippen LogP contribution in [0.1, 0.15) is 119 Å². The molecule has 0 unspecified atom stereocenters. The van der Waals surface area contributed by atoms with E-state index < -0.39 is 0 Å². The Hall–Kier alpha value is 0.726. The van der Waals surface area contributed by atoms with E-state index in [1.807, 2.05) is 0 Å². The van der Waals surface area contributed by atoms with Crippen molar-refractivity contribution in [1.82, 2.24) is 9.80 Å². The van der Waals surface area contributed by atoms with Gasteiger partial charge in [0.2, 0.25) is 0 Å². The van der Waals surface area contributed by atoms with Crippen LogP contribution in [0.3, 0.4) is 0 Å². The molecule has 0 bridgehead atoms.